The molecule has 1 unspecified atom stereocenters. The molecule has 0 radical (unpaired) electrons. The predicted molar refractivity (Wildman–Crippen MR) is 47.5 cm³/mol. The fourth-order valence-corrected chi connectivity index (χ4v) is 1.19. The third-order valence-corrected chi connectivity index (χ3v) is 1.91. The lowest BCUT2D eigenvalue weighted by Gasteiger charge is -2.19. The van der Waals surface area contributed by atoms with Crippen LogP contribution in [0.2, 0.25) is 0 Å². The van der Waals surface area contributed by atoms with E-state index in [9.17, 15) is 10.2 Å². The summed E-state index contributed by atoms with van der Waals surface area (Å²) in [5, 5.41) is 18.7. The van der Waals surface area contributed by atoms with E-state index < -0.39 is 12.2 Å². The molecule has 0 spiro atoms. The minimum absolute atomic E-state index is 0.300. The van der Waals surface area contributed by atoms with E-state index in [1.54, 1.807) is 19.1 Å². The highest BCUT2D eigenvalue weighted by atomic mass is 16.3. The molecule has 0 saturated carbocycles. The molecule has 3 heteroatoms. The van der Waals surface area contributed by atoms with E-state index in [0.717, 1.165) is 0 Å². The van der Waals surface area contributed by atoms with Crippen LogP contribution in [-0.4, -0.2) is 28.5 Å². The molecule has 0 heterocycles. The van der Waals surface area contributed by atoms with Gasteiger partial charge in [0.25, 0.3) is 0 Å². The minimum Gasteiger partial charge on any atom is -0.389 e. The molecule has 0 saturated heterocycles. The minimum atomic E-state index is -0.670. The molecule has 12 heavy (non-hydrogen) atoms. The maximum atomic E-state index is 9.51. The SMILES string of the molecule is C[C@H](N)[C@H](O)C1=CC(O)CC=C1. The topological polar surface area (TPSA) is 66.5 Å². The molecule has 0 aromatic rings. The quantitative estimate of drug-likeness (QED) is 0.542. The van der Waals surface area contributed by atoms with Crippen LogP contribution in [-0.2, 0) is 0 Å². The summed E-state index contributed by atoms with van der Waals surface area (Å²) in [6, 6.07) is -0.300. The Morgan fingerprint density at radius 3 is 2.83 bits per heavy atom. The first kappa shape index (κ1) is 9.45. The van der Waals surface area contributed by atoms with Gasteiger partial charge in [-0.05, 0) is 18.9 Å². The van der Waals surface area contributed by atoms with Gasteiger partial charge in [-0.15, -0.1) is 0 Å². The second-order valence-electron chi connectivity index (χ2n) is 3.18. The molecule has 0 fully saturated rings. The van der Waals surface area contributed by atoms with Crippen LogP contribution < -0.4 is 5.73 Å². The highest BCUT2D eigenvalue weighted by Gasteiger charge is 2.16. The first-order valence-electron chi connectivity index (χ1n) is 4.11. The first-order valence-corrected chi connectivity index (χ1v) is 4.11. The molecule has 3 nitrogen and oxygen atoms in total. The lowest BCUT2D eigenvalue weighted by molar-refractivity contribution is 0.180. The van der Waals surface area contributed by atoms with E-state index in [2.05, 4.69) is 0 Å². The fraction of sp³-hybridized carbons (Fsp3) is 0.556. The van der Waals surface area contributed by atoms with Crippen LogP contribution in [0.3, 0.4) is 0 Å². The summed E-state index contributed by atoms with van der Waals surface area (Å²) >= 11 is 0. The summed E-state index contributed by atoms with van der Waals surface area (Å²) in [6.07, 6.45) is 4.77. The second kappa shape index (κ2) is 3.85. The van der Waals surface area contributed by atoms with E-state index >= 15 is 0 Å². The van der Waals surface area contributed by atoms with Gasteiger partial charge in [0.05, 0.1) is 12.2 Å². The maximum Gasteiger partial charge on any atom is 0.0935 e. The van der Waals surface area contributed by atoms with Gasteiger partial charge in [0.2, 0.25) is 0 Å². The van der Waals surface area contributed by atoms with E-state index in [-0.39, 0.29) is 6.04 Å². The molecule has 68 valence electrons. The molecule has 0 aliphatic heterocycles. The summed E-state index contributed by atoms with van der Waals surface area (Å²) in [4.78, 5) is 0. The Morgan fingerprint density at radius 2 is 2.33 bits per heavy atom. The van der Waals surface area contributed by atoms with Crippen LogP contribution in [0.4, 0.5) is 0 Å². The van der Waals surface area contributed by atoms with Crippen molar-refractivity contribution in [2.75, 3.05) is 0 Å². The van der Waals surface area contributed by atoms with Gasteiger partial charge < -0.3 is 15.9 Å². The molecular weight excluding hydrogens is 154 g/mol. The molecule has 0 aromatic heterocycles. The van der Waals surface area contributed by atoms with Crippen LogP contribution in [0.5, 0.6) is 0 Å². The van der Waals surface area contributed by atoms with Gasteiger partial charge in [-0.25, -0.2) is 0 Å². The number of aliphatic hydroxyl groups is 2. The second-order valence-corrected chi connectivity index (χ2v) is 3.18. The molecule has 1 rings (SSSR count). The molecular formula is C9H15NO2. The van der Waals surface area contributed by atoms with Gasteiger partial charge in [-0.3, -0.25) is 0 Å². The van der Waals surface area contributed by atoms with E-state index in [1.165, 1.54) is 0 Å². The largest absolute Gasteiger partial charge is 0.389 e. The zero-order chi connectivity index (χ0) is 9.14. The van der Waals surface area contributed by atoms with Crippen molar-refractivity contribution in [1.82, 2.24) is 0 Å². The van der Waals surface area contributed by atoms with Crippen molar-refractivity contribution < 1.29 is 10.2 Å². The first-order chi connectivity index (χ1) is 5.61. The van der Waals surface area contributed by atoms with Crippen molar-refractivity contribution in [3.05, 3.63) is 23.8 Å². The standard InChI is InChI=1S/C9H15NO2/c1-6(10)9(12)7-3-2-4-8(11)5-7/h2-3,5-6,8-9,11-12H,4,10H2,1H3/t6-,8?,9-/m0/s1. The number of nitrogens with two attached hydrogens (primary N) is 1. The Hall–Kier alpha value is -0.640. The lowest BCUT2D eigenvalue weighted by atomic mass is 9.97. The summed E-state index contributed by atoms with van der Waals surface area (Å²) in [5.74, 6) is 0. The lowest BCUT2D eigenvalue weighted by Crippen LogP contribution is -2.33. The fourth-order valence-electron chi connectivity index (χ4n) is 1.19. The average Bonchev–Trinajstić information content (AvgIpc) is 2.03. The maximum absolute atomic E-state index is 9.51. The van der Waals surface area contributed by atoms with Crippen LogP contribution >= 0.6 is 0 Å². The number of aliphatic hydroxyl groups excluding tert-OH is 2. The van der Waals surface area contributed by atoms with Crippen molar-refractivity contribution >= 4 is 0 Å². The molecule has 1 aliphatic rings. The van der Waals surface area contributed by atoms with Crippen LogP contribution in [0.25, 0.3) is 0 Å². The Balaban J connectivity index is 2.68. The highest BCUT2D eigenvalue weighted by Crippen LogP contribution is 2.15. The summed E-state index contributed by atoms with van der Waals surface area (Å²) in [6.45, 7) is 1.74. The van der Waals surface area contributed by atoms with Crippen molar-refractivity contribution in [3.8, 4) is 0 Å². The smallest absolute Gasteiger partial charge is 0.0935 e. The Bertz CT molecular complexity index is 209. The normalized spacial score (nSPS) is 28.0. The number of hydrogen-bond donors (Lipinski definition) is 3. The van der Waals surface area contributed by atoms with Crippen molar-refractivity contribution in [1.29, 1.82) is 0 Å². The molecule has 0 aromatic carbocycles. The van der Waals surface area contributed by atoms with Crippen molar-refractivity contribution in [2.45, 2.75) is 31.6 Å². The molecule has 4 N–H and O–H groups in total. The van der Waals surface area contributed by atoms with Crippen molar-refractivity contribution in [2.24, 2.45) is 5.73 Å². The Labute approximate surface area is 72.2 Å². The summed E-state index contributed by atoms with van der Waals surface area (Å²) < 4.78 is 0. The van der Waals surface area contributed by atoms with Gasteiger partial charge in [-0.1, -0.05) is 18.2 Å². The summed E-state index contributed by atoms with van der Waals surface area (Å²) in [5.41, 5.74) is 6.22. The van der Waals surface area contributed by atoms with Gasteiger partial charge in [0, 0.05) is 6.04 Å². The number of hydrogen-bond acceptors (Lipinski definition) is 3. The Morgan fingerprint density at radius 1 is 1.67 bits per heavy atom. The molecule has 0 amide bonds. The van der Waals surface area contributed by atoms with Crippen LogP contribution in [0, 0.1) is 0 Å². The van der Waals surface area contributed by atoms with Crippen LogP contribution in [0.15, 0.2) is 23.8 Å². The van der Waals surface area contributed by atoms with E-state index in [0.29, 0.717) is 12.0 Å². The van der Waals surface area contributed by atoms with Gasteiger partial charge in [0.1, 0.15) is 0 Å². The van der Waals surface area contributed by atoms with Crippen molar-refractivity contribution in [3.63, 3.8) is 0 Å². The molecule has 1 aliphatic carbocycles. The monoisotopic (exact) mass is 169 g/mol. The zero-order valence-corrected chi connectivity index (χ0v) is 7.14. The third kappa shape index (κ3) is 2.17. The van der Waals surface area contributed by atoms with Gasteiger partial charge in [-0.2, -0.15) is 0 Å². The highest BCUT2D eigenvalue weighted by molar-refractivity contribution is 5.29. The van der Waals surface area contributed by atoms with Gasteiger partial charge >= 0.3 is 0 Å². The molecule has 0 bridgehead atoms. The average molecular weight is 169 g/mol. The number of rotatable bonds is 2. The predicted octanol–water partition coefficient (Wildman–Crippen LogP) is -0.0583. The summed E-state index contributed by atoms with van der Waals surface area (Å²) in [7, 11) is 0. The third-order valence-electron chi connectivity index (χ3n) is 1.91. The molecule has 3 atom stereocenters. The van der Waals surface area contributed by atoms with Gasteiger partial charge in [0.15, 0.2) is 0 Å². The van der Waals surface area contributed by atoms with E-state index in [1.807, 2.05) is 6.08 Å². The van der Waals surface area contributed by atoms with Crippen LogP contribution in [0.1, 0.15) is 13.3 Å². The van der Waals surface area contributed by atoms with E-state index in [4.69, 9.17) is 5.73 Å². The Kier molecular flexibility index (Phi) is 3.03. The zero-order valence-electron chi connectivity index (χ0n) is 7.14.